The smallest absolute Gasteiger partial charge is 0.305 e. The molecule has 4 nitrogen and oxygen atoms in total. The molecule has 0 rings (SSSR count). The number of hydrogen-bond donors (Lipinski definition) is 1. The zero-order valence-corrected chi connectivity index (χ0v) is 9.71. The van der Waals surface area contributed by atoms with Crippen molar-refractivity contribution in [1.29, 1.82) is 0 Å². The molecule has 0 aromatic heterocycles. The number of aliphatic hydroxyl groups excluding tert-OH is 1. The molecule has 0 aliphatic heterocycles. The Hall–Kier alpha value is -0.900. The minimum absolute atomic E-state index is 0.0338. The van der Waals surface area contributed by atoms with Gasteiger partial charge in [-0.3, -0.25) is 9.59 Å². The maximum atomic E-state index is 11.5. The number of Topliss-reactive ketones (excluding diaryl/α,β-unsaturated/α-hetero) is 1. The third-order valence-corrected chi connectivity index (χ3v) is 1.98. The first-order valence-corrected chi connectivity index (χ1v) is 5.17. The zero-order chi connectivity index (χ0) is 11.9. The Morgan fingerprint density at radius 3 is 2.27 bits per heavy atom. The maximum Gasteiger partial charge on any atom is 0.305 e. The van der Waals surface area contributed by atoms with Crippen molar-refractivity contribution < 1.29 is 19.4 Å². The summed E-state index contributed by atoms with van der Waals surface area (Å²) < 4.78 is 4.66. The normalized spacial score (nSPS) is 11.2. The summed E-state index contributed by atoms with van der Waals surface area (Å²) in [5, 5.41) is 8.40. The first kappa shape index (κ1) is 14.1. The second kappa shape index (κ2) is 6.56. The standard InChI is InChI=1S/C11H20O4/c1-11(2,3)9(13)5-4-6-10(14)15-8-7-12/h12H,4-8H2,1-3H3. The third kappa shape index (κ3) is 7.08. The summed E-state index contributed by atoms with van der Waals surface area (Å²) in [4.78, 5) is 22.5. The first-order valence-electron chi connectivity index (χ1n) is 5.17. The number of carbonyl (C=O) groups excluding carboxylic acids is 2. The Bertz CT molecular complexity index is 215. The van der Waals surface area contributed by atoms with Crippen molar-refractivity contribution in [2.24, 2.45) is 5.41 Å². The van der Waals surface area contributed by atoms with Gasteiger partial charge in [-0.25, -0.2) is 0 Å². The van der Waals surface area contributed by atoms with E-state index in [4.69, 9.17) is 5.11 Å². The Kier molecular flexibility index (Phi) is 6.17. The average molecular weight is 216 g/mol. The van der Waals surface area contributed by atoms with Crippen LogP contribution in [0, 0.1) is 5.41 Å². The highest BCUT2D eigenvalue weighted by Gasteiger charge is 2.20. The van der Waals surface area contributed by atoms with Gasteiger partial charge in [0.15, 0.2) is 0 Å². The topological polar surface area (TPSA) is 63.6 Å². The molecule has 0 aromatic carbocycles. The Morgan fingerprint density at radius 2 is 1.80 bits per heavy atom. The molecule has 0 aliphatic carbocycles. The molecular weight excluding hydrogens is 196 g/mol. The molecule has 0 atom stereocenters. The van der Waals surface area contributed by atoms with E-state index in [9.17, 15) is 9.59 Å². The largest absolute Gasteiger partial charge is 0.463 e. The third-order valence-electron chi connectivity index (χ3n) is 1.98. The molecule has 15 heavy (non-hydrogen) atoms. The lowest BCUT2D eigenvalue weighted by atomic mass is 9.88. The van der Waals surface area contributed by atoms with E-state index < -0.39 is 0 Å². The summed E-state index contributed by atoms with van der Waals surface area (Å²) in [7, 11) is 0. The molecule has 0 saturated heterocycles. The highest BCUT2D eigenvalue weighted by atomic mass is 16.5. The number of ketones is 1. The van der Waals surface area contributed by atoms with E-state index in [2.05, 4.69) is 4.74 Å². The van der Waals surface area contributed by atoms with Crippen molar-refractivity contribution in [3.8, 4) is 0 Å². The predicted octanol–water partition coefficient (Wildman–Crippen LogP) is 1.31. The second-order valence-electron chi connectivity index (χ2n) is 4.47. The molecule has 4 heteroatoms. The summed E-state index contributed by atoms with van der Waals surface area (Å²) in [6.07, 6.45) is 1.15. The van der Waals surface area contributed by atoms with Crippen LogP contribution in [-0.4, -0.2) is 30.1 Å². The number of rotatable bonds is 6. The number of aliphatic hydroxyl groups is 1. The summed E-state index contributed by atoms with van der Waals surface area (Å²) in [5.74, 6) is -0.205. The molecule has 0 fully saturated rings. The molecule has 0 heterocycles. The Morgan fingerprint density at radius 1 is 1.20 bits per heavy atom. The van der Waals surface area contributed by atoms with Crippen LogP contribution in [0.25, 0.3) is 0 Å². The van der Waals surface area contributed by atoms with Crippen molar-refractivity contribution >= 4 is 11.8 Å². The van der Waals surface area contributed by atoms with Gasteiger partial charge < -0.3 is 9.84 Å². The van der Waals surface area contributed by atoms with E-state index in [1.165, 1.54) is 0 Å². The van der Waals surface area contributed by atoms with E-state index in [1.54, 1.807) is 0 Å². The van der Waals surface area contributed by atoms with E-state index in [0.717, 1.165) is 0 Å². The lowest BCUT2D eigenvalue weighted by Gasteiger charge is -2.15. The van der Waals surface area contributed by atoms with Crippen LogP contribution in [0.4, 0.5) is 0 Å². The number of ether oxygens (including phenoxy) is 1. The van der Waals surface area contributed by atoms with Crippen molar-refractivity contribution in [1.82, 2.24) is 0 Å². The van der Waals surface area contributed by atoms with Crippen LogP contribution in [0.1, 0.15) is 40.0 Å². The lowest BCUT2D eigenvalue weighted by Crippen LogP contribution is -2.20. The average Bonchev–Trinajstić information content (AvgIpc) is 2.13. The molecule has 0 bridgehead atoms. The minimum atomic E-state index is -0.356. The van der Waals surface area contributed by atoms with E-state index in [0.29, 0.717) is 12.8 Å². The van der Waals surface area contributed by atoms with Gasteiger partial charge in [-0.05, 0) is 6.42 Å². The fraction of sp³-hybridized carbons (Fsp3) is 0.818. The highest BCUT2D eigenvalue weighted by Crippen LogP contribution is 2.18. The van der Waals surface area contributed by atoms with Gasteiger partial charge >= 0.3 is 5.97 Å². The second-order valence-corrected chi connectivity index (χ2v) is 4.47. The molecule has 0 spiro atoms. The Labute approximate surface area is 90.6 Å². The number of hydrogen-bond acceptors (Lipinski definition) is 4. The quantitative estimate of drug-likeness (QED) is 0.680. The van der Waals surface area contributed by atoms with E-state index >= 15 is 0 Å². The fourth-order valence-electron chi connectivity index (χ4n) is 1.000. The van der Waals surface area contributed by atoms with Gasteiger partial charge in [0, 0.05) is 18.3 Å². The molecule has 0 aliphatic rings. The summed E-state index contributed by atoms with van der Waals surface area (Å²) in [6, 6.07) is 0. The van der Waals surface area contributed by atoms with E-state index in [1.807, 2.05) is 20.8 Å². The van der Waals surface area contributed by atoms with Crippen LogP contribution in [0.3, 0.4) is 0 Å². The Balaban J connectivity index is 3.62. The van der Waals surface area contributed by atoms with Crippen LogP contribution >= 0.6 is 0 Å². The number of esters is 1. The van der Waals surface area contributed by atoms with Gasteiger partial charge in [0.2, 0.25) is 0 Å². The van der Waals surface area contributed by atoms with Crippen LogP contribution in [0.15, 0.2) is 0 Å². The molecule has 88 valence electrons. The molecule has 0 unspecified atom stereocenters. The fourth-order valence-corrected chi connectivity index (χ4v) is 1.000. The van der Waals surface area contributed by atoms with Gasteiger partial charge in [0.1, 0.15) is 12.4 Å². The molecule has 0 radical (unpaired) electrons. The van der Waals surface area contributed by atoms with Crippen molar-refractivity contribution in [3.63, 3.8) is 0 Å². The summed E-state index contributed by atoms with van der Waals surface area (Å²) >= 11 is 0. The molecule has 0 saturated carbocycles. The van der Waals surface area contributed by atoms with Gasteiger partial charge in [0.25, 0.3) is 0 Å². The first-order chi connectivity index (χ1) is 6.88. The van der Waals surface area contributed by atoms with Gasteiger partial charge in [0.05, 0.1) is 6.61 Å². The maximum absolute atomic E-state index is 11.5. The van der Waals surface area contributed by atoms with Crippen molar-refractivity contribution in [3.05, 3.63) is 0 Å². The van der Waals surface area contributed by atoms with Crippen LogP contribution in [-0.2, 0) is 14.3 Å². The highest BCUT2D eigenvalue weighted by molar-refractivity contribution is 5.84. The van der Waals surface area contributed by atoms with Crippen LogP contribution in [0.2, 0.25) is 0 Å². The molecule has 0 amide bonds. The van der Waals surface area contributed by atoms with Gasteiger partial charge in [-0.1, -0.05) is 20.8 Å². The minimum Gasteiger partial charge on any atom is -0.463 e. The van der Waals surface area contributed by atoms with Crippen LogP contribution < -0.4 is 0 Å². The van der Waals surface area contributed by atoms with Gasteiger partial charge in [-0.2, -0.15) is 0 Å². The SMILES string of the molecule is CC(C)(C)C(=O)CCCC(=O)OCCO. The number of carbonyl (C=O) groups is 2. The lowest BCUT2D eigenvalue weighted by molar-refractivity contribution is -0.144. The molecule has 1 N–H and O–H groups in total. The van der Waals surface area contributed by atoms with Crippen molar-refractivity contribution in [2.75, 3.05) is 13.2 Å². The monoisotopic (exact) mass is 216 g/mol. The molecule has 0 aromatic rings. The predicted molar refractivity (Wildman–Crippen MR) is 56.4 cm³/mol. The summed E-state index contributed by atoms with van der Waals surface area (Å²) in [5.41, 5.74) is -0.338. The van der Waals surface area contributed by atoms with E-state index in [-0.39, 0.29) is 36.8 Å². The molecular formula is C11H20O4. The zero-order valence-electron chi connectivity index (χ0n) is 9.71. The summed E-state index contributed by atoms with van der Waals surface area (Å²) in [6.45, 7) is 5.46. The van der Waals surface area contributed by atoms with Gasteiger partial charge in [-0.15, -0.1) is 0 Å². The van der Waals surface area contributed by atoms with Crippen LogP contribution in [0.5, 0.6) is 0 Å². The van der Waals surface area contributed by atoms with Crippen molar-refractivity contribution in [2.45, 2.75) is 40.0 Å².